The van der Waals surface area contributed by atoms with Crippen LogP contribution in [0, 0.1) is 6.92 Å². The molecule has 2 N–H and O–H groups in total. The third kappa shape index (κ3) is 9.19. The van der Waals surface area contributed by atoms with Gasteiger partial charge in [-0.3, -0.25) is 9.36 Å². The molecule has 0 bridgehead atoms. The molecule has 37 heavy (non-hydrogen) atoms. The highest BCUT2D eigenvalue weighted by atomic mass is 31.2. The normalized spacial score (nSPS) is 14.1. The van der Waals surface area contributed by atoms with Crippen LogP contribution in [0.25, 0.3) is 0 Å². The second-order valence-corrected chi connectivity index (χ2v) is 11.6. The highest BCUT2D eigenvalue weighted by Crippen LogP contribution is 2.50. The molecular formula is C29H34NO6P. The minimum absolute atomic E-state index is 0.0217. The van der Waals surface area contributed by atoms with Crippen molar-refractivity contribution in [2.75, 3.05) is 6.16 Å². The Kier molecular flexibility index (Phi) is 10.5. The molecule has 7 nitrogen and oxygen atoms in total. The molecule has 0 saturated heterocycles. The van der Waals surface area contributed by atoms with Crippen LogP contribution in [-0.2, 0) is 32.0 Å². The monoisotopic (exact) mass is 523 g/mol. The van der Waals surface area contributed by atoms with E-state index in [4.69, 9.17) is 9.47 Å². The van der Waals surface area contributed by atoms with Crippen molar-refractivity contribution in [1.82, 2.24) is 5.32 Å². The van der Waals surface area contributed by atoms with E-state index in [1.54, 1.807) is 0 Å². The van der Waals surface area contributed by atoms with E-state index >= 15 is 0 Å². The van der Waals surface area contributed by atoms with E-state index in [1.807, 2.05) is 98.8 Å². The molecule has 8 heteroatoms. The van der Waals surface area contributed by atoms with Crippen molar-refractivity contribution < 1.29 is 28.5 Å². The number of carbonyl (C=O) groups is 2. The van der Waals surface area contributed by atoms with Crippen molar-refractivity contribution in [1.29, 1.82) is 0 Å². The molecular weight excluding hydrogens is 489 g/mol. The molecule has 0 spiro atoms. The molecule has 0 aromatic heterocycles. The van der Waals surface area contributed by atoms with Crippen LogP contribution >= 0.6 is 7.37 Å². The summed E-state index contributed by atoms with van der Waals surface area (Å²) in [6.07, 6.45) is -1.05. The maximum Gasteiger partial charge on any atom is 0.408 e. The zero-order valence-electron chi connectivity index (χ0n) is 21.2. The Morgan fingerprint density at radius 2 is 1.41 bits per heavy atom. The number of benzene rings is 3. The molecule has 3 atom stereocenters. The lowest BCUT2D eigenvalue weighted by molar-refractivity contribution is -0.145. The third-order valence-electron chi connectivity index (χ3n) is 6.10. The molecule has 3 unspecified atom stereocenters. The van der Waals surface area contributed by atoms with Crippen molar-refractivity contribution in [3.8, 4) is 0 Å². The quantitative estimate of drug-likeness (QED) is 0.218. The van der Waals surface area contributed by atoms with Crippen molar-refractivity contribution >= 4 is 19.4 Å². The van der Waals surface area contributed by atoms with E-state index in [-0.39, 0.29) is 38.1 Å². The van der Waals surface area contributed by atoms with Crippen molar-refractivity contribution in [2.45, 2.75) is 51.6 Å². The maximum absolute atomic E-state index is 13.5. The molecule has 0 aliphatic rings. The fourth-order valence-corrected chi connectivity index (χ4v) is 6.17. The van der Waals surface area contributed by atoms with Gasteiger partial charge in [-0.25, -0.2) is 4.79 Å². The van der Waals surface area contributed by atoms with Crippen LogP contribution in [0.2, 0.25) is 0 Å². The van der Waals surface area contributed by atoms with Gasteiger partial charge >= 0.3 is 12.1 Å². The largest absolute Gasteiger partial charge is 0.461 e. The van der Waals surface area contributed by atoms with E-state index in [0.29, 0.717) is 0 Å². The Bertz CT molecular complexity index is 1200. The average Bonchev–Trinajstić information content (AvgIpc) is 2.89. The van der Waals surface area contributed by atoms with Gasteiger partial charge < -0.3 is 19.7 Å². The topological polar surface area (TPSA) is 102 Å². The summed E-state index contributed by atoms with van der Waals surface area (Å²) in [6.45, 7) is 3.96. The number of rotatable bonds is 12. The van der Waals surface area contributed by atoms with E-state index < -0.39 is 25.2 Å². The van der Waals surface area contributed by atoms with E-state index in [1.165, 1.54) is 0 Å². The minimum atomic E-state index is -3.95. The lowest BCUT2D eigenvalue weighted by Crippen LogP contribution is -2.36. The van der Waals surface area contributed by atoms with Crippen LogP contribution < -0.4 is 5.32 Å². The standard InChI is InChI=1S/C29H34NO6P/c1-22-11-9-10-16-26(22)23(2)21-37(33,34)27(30-29(32)36-20-25-14-7-4-8-15-25)17-18-28(31)35-19-24-12-5-3-6-13-24/h3-16,23,27H,17-21H2,1-2H3,(H,30,32)(H,33,34). The van der Waals surface area contributed by atoms with Crippen LogP contribution in [0.4, 0.5) is 4.79 Å². The van der Waals surface area contributed by atoms with Gasteiger partial charge in [0.2, 0.25) is 7.37 Å². The number of hydrogen-bond acceptors (Lipinski definition) is 5. The first-order chi connectivity index (χ1) is 17.7. The molecule has 0 heterocycles. The highest BCUT2D eigenvalue weighted by molar-refractivity contribution is 7.58. The first-order valence-electron chi connectivity index (χ1n) is 12.3. The van der Waals surface area contributed by atoms with Crippen LogP contribution in [0.15, 0.2) is 84.9 Å². The number of amides is 1. The average molecular weight is 524 g/mol. The summed E-state index contributed by atoms with van der Waals surface area (Å²) in [7, 11) is -3.95. The van der Waals surface area contributed by atoms with Crippen LogP contribution in [0.5, 0.6) is 0 Å². The minimum Gasteiger partial charge on any atom is -0.461 e. The van der Waals surface area contributed by atoms with Gasteiger partial charge in [0.15, 0.2) is 0 Å². The highest BCUT2D eigenvalue weighted by Gasteiger charge is 2.35. The van der Waals surface area contributed by atoms with E-state index in [0.717, 1.165) is 22.3 Å². The predicted molar refractivity (Wildman–Crippen MR) is 143 cm³/mol. The fourth-order valence-electron chi connectivity index (χ4n) is 4.10. The van der Waals surface area contributed by atoms with Crippen LogP contribution in [0.1, 0.15) is 47.9 Å². The van der Waals surface area contributed by atoms with E-state index in [9.17, 15) is 19.0 Å². The summed E-state index contributed by atoms with van der Waals surface area (Å²) in [5, 5.41) is 2.55. The number of nitrogens with one attached hydrogen (secondary N) is 1. The summed E-state index contributed by atoms with van der Waals surface area (Å²) in [5.41, 5.74) is 3.62. The molecule has 0 saturated carbocycles. The number of hydrogen-bond donors (Lipinski definition) is 2. The molecule has 3 rings (SSSR count). The van der Waals surface area contributed by atoms with Gasteiger partial charge in [0.25, 0.3) is 0 Å². The van der Waals surface area contributed by atoms with Crippen molar-refractivity contribution in [3.63, 3.8) is 0 Å². The zero-order valence-corrected chi connectivity index (χ0v) is 22.1. The Hall–Kier alpha value is -3.41. The molecule has 0 aliphatic carbocycles. The Balaban J connectivity index is 1.65. The number of esters is 1. The smallest absolute Gasteiger partial charge is 0.408 e. The Labute approximate surface area is 218 Å². The molecule has 0 radical (unpaired) electrons. The number of carbonyl (C=O) groups excluding carboxylic acids is 2. The SMILES string of the molecule is Cc1ccccc1C(C)CP(=O)(O)C(CCC(=O)OCc1ccccc1)NC(=O)OCc1ccccc1. The van der Waals surface area contributed by atoms with Gasteiger partial charge in [-0.1, -0.05) is 91.9 Å². The Morgan fingerprint density at radius 1 is 0.865 bits per heavy atom. The predicted octanol–water partition coefficient (Wildman–Crippen LogP) is 6.15. The molecule has 196 valence electrons. The van der Waals surface area contributed by atoms with Gasteiger partial charge in [0.1, 0.15) is 19.0 Å². The first-order valence-corrected chi connectivity index (χ1v) is 14.2. The molecule has 3 aromatic rings. The molecule has 1 amide bonds. The van der Waals surface area contributed by atoms with Gasteiger partial charge in [-0.2, -0.15) is 0 Å². The molecule has 0 aliphatic heterocycles. The first kappa shape index (κ1) is 28.2. The third-order valence-corrected chi connectivity index (χ3v) is 8.54. The summed E-state index contributed by atoms with van der Waals surface area (Å²) < 4.78 is 24.1. The van der Waals surface area contributed by atoms with Gasteiger partial charge in [0, 0.05) is 12.6 Å². The van der Waals surface area contributed by atoms with E-state index in [2.05, 4.69) is 5.32 Å². The number of alkyl carbamates (subject to hydrolysis) is 1. The summed E-state index contributed by atoms with van der Waals surface area (Å²) in [4.78, 5) is 36.0. The van der Waals surface area contributed by atoms with Crippen molar-refractivity contribution in [2.24, 2.45) is 0 Å². The maximum atomic E-state index is 13.5. The Morgan fingerprint density at radius 3 is 2.00 bits per heavy atom. The summed E-state index contributed by atoms with van der Waals surface area (Å²) in [5.74, 6) is -1.90. The summed E-state index contributed by atoms with van der Waals surface area (Å²) in [6, 6.07) is 26.1. The van der Waals surface area contributed by atoms with Crippen molar-refractivity contribution in [3.05, 3.63) is 107 Å². The second kappa shape index (κ2) is 13.8. The molecule has 0 fully saturated rings. The van der Waals surface area contributed by atoms with Gasteiger partial charge in [-0.15, -0.1) is 0 Å². The summed E-state index contributed by atoms with van der Waals surface area (Å²) >= 11 is 0. The lowest BCUT2D eigenvalue weighted by Gasteiger charge is -2.26. The number of aryl methyl sites for hydroxylation is 1. The molecule has 3 aromatic carbocycles. The zero-order chi connectivity index (χ0) is 26.7. The van der Waals surface area contributed by atoms with Gasteiger partial charge in [0.05, 0.1) is 0 Å². The van der Waals surface area contributed by atoms with Crippen LogP contribution in [0.3, 0.4) is 0 Å². The second-order valence-electron chi connectivity index (χ2n) is 9.10. The van der Waals surface area contributed by atoms with Gasteiger partial charge in [-0.05, 0) is 41.5 Å². The van der Waals surface area contributed by atoms with Crippen LogP contribution in [-0.4, -0.2) is 28.9 Å². The fraction of sp³-hybridized carbons (Fsp3) is 0.310. The lowest BCUT2D eigenvalue weighted by atomic mass is 9.98. The number of ether oxygens (including phenoxy) is 2.